The third-order valence-electron chi connectivity index (χ3n) is 6.96. The van der Waals surface area contributed by atoms with Crippen LogP contribution < -0.4 is 56.5 Å². The molecule has 9 heteroatoms. The third kappa shape index (κ3) is 20.1. The number of carboxylic acids is 1. The van der Waals surface area contributed by atoms with Gasteiger partial charge in [0.2, 0.25) is 0 Å². The zero-order valence-corrected chi connectivity index (χ0v) is 28.0. The SMILES string of the molecule is CCCCCCCCCCCCCCCCC(CC(=O)[O-])(C(=O)OCCCCCCCC)S(=O)(=O)O.[K+]. The van der Waals surface area contributed by atoms with Gasteiger partial charge in [-0.15, -0.1) is 0 Å². The van der Waals surface area contributed by atoms with Crippen molar-refractivity contribution in [3.05, 3.63) is 0 Å². The van der Waals surface area contributed by atoms with Crippen LogP contribution in [0.2, 0.25) is 0 Å². The van der Waals surface area contributed by atoms with Crippen LogP contribution in [0.15, 0.2) is 0 Å². The predicted octanol–water partition coefficient (Wildman–Crippen LogP) is 3.53. The van der Waals surface area contributed by atoms with E-state index in [-0.39, 0.29) is 64.4 Å². The maximum Gasteiger partial charge on any atom is 1.00 e. The Balaban J connectivity index is 0. The zero-order valence-electron chi connectivity index (χ0n) is 24.1. The average Bonchev–Trinajstić information content (AvgIpc) is 2.81. The van der Waals surface area contributed by atoms with Gasteiger partial charge in [0.15, 0.2) is 4.75 Å². The number of carboxylic acid groups (broad SMARTS) is 1. The van der Waals surface area contributed by atoms with Gasteiger partial charge in [0, 0.05) is 12.4 Å². The monoisotopic (exact) mass is 572 g/mol. The number of hydrogen-bond donors (Lipinski definition) is 1. The summed E-state index contributed by atoms with van der Waals surface area (Å²) < 4.78 is 36.8. The Morgan fingerprint density at radius 2 is 1.03 bits per heavy atom. The molecule has 0 aromatic carbocycles. The van der Waals surface area contributed by atoms with Gasteiger partial charge in [-0.3, -0.25) is 9.35 Å². The molecule has 214 valence electrons. The van der Waals surface area contributed by atoms with Crippen molar-refractivity contribution in [2.24, 2.45) is 0 Å². The van der Waals surface area contributed by atoms with E-state index in [0.717, 1.165) is 51.4 Å². The molecular weight excluding hydrogens is 519 g/mol. The van der Waals surface area contributed by atoms with Crippen LogP contribution in [-0.4, -0.2) is 36.3 Å². The van der Waals surface area contributed by atoms with Gasteiger partial charge in [0.25, 0.3) is 10.1 Å². The number of ether oxygens (including phenoxy) is 1. The molecule has 37 heavy (non-hydrogen) atoms. The van der Waals surface area contributed by atoms with Crippen molar-refractivity contribution < 1.29 is 83.8 Å². The van der Waals surface area contributed by atoms with Gasteiger partial charge in [0.05, 0.1) is 6.61 Å². The molecule has 0 spiro atoms. The number of carbonyl (C=O) groups is 2. The van der Waals surface area contributed by atoms with E-state index in [1.807, 2.05) is 0 Å². The van der Waals surface area contributed by atoms with Crippen molar-refractivity contribution in [2.75, 3.05) is 6.61 Å². The minimum absolute atomic E-state index is 0. The molecule has 0 rings (SSSR count). The maximum absolute atomic E-state index is 12.7. The van der Waals surface area contributed by atoms with Crippen LogP contribution >= 0.6 is 0 Å². The van der Waals surface area contributed by atoms with Crippen LogP contribution in [0.5, 0.6) is 0 Å². The molecule has 1 unspecified atom stereocenters. The summed E-state index contributed by atoms with van der Waals surface area (Å²) in [5.74, 6) is -2.88. The molecule has 0 aliphatic rings. The molecule has 0 bridgehead atoms. The number of unbranched alkanes of at least 4 members (excludes halogenated alkanes) is 18. The predicted molar refractivity (Wildman–Crippen MR) is 143 cm³/mol. The molecular formula is C28H53KO7S. The van der Waals surface area contributed by atoms with Crippen molar-refractivity contribution in [1.82, 2.24) is 0 Å². The van der Waals surface area contributed by atoms with E-state index in [1.165, 1.54) is 57.8 Å². The largest absolute Gasteiger partial charge is 1.00 e. The van der Waals surface area contributed by atoms with Crippen LogP contribution in [0, 0.1) is 0 Å². The van der Waals surface area contributed by atoms with Gasteiger partial charge in [-0.1, -0.05) is 136 Å². The number of rotatable bonds is 26. The van der Waals surface area contributed by atoms with Crippen LogP contribution in [0.4, 0.5) is 0 Å². The van der Waals surface area contributed by atoms with E-state index < -0.39 is 33.2 Å². The first-order chi connectivity index (χ1) is 17.2. The summed E-state index contributed by atoms with van der Waals surface area (Å²) in [6.07, 6.45) is 19.9. The van der Waals surface area contributed by atoms with E-state index >= 15 is 0 Å². The fourth-order valence-electron chi connectivity index (χ4n) is 4.61. The summed E-state index contributed by atoms with van der Waals surface area (Å²) in [7, 11) is -4.99. The molecule has 1 N–H and O–H groups in total. The summed E-state index contributed by atoms with van der Waals surface area (Å²) in [6, 6.07) is 0. The smallest absolute Gasteiger partial charge is 0.550 e. The Morgan fingerprint density at radius 1 is 0.676 bits per heavy atom. The van der Waals surface area contributed by atoms with Crippen molar-refractivity contribution in [2.45, 2.75) is 160 Å². The van der Waals surface area contributed by atoms with Crippen molar-refractivity contribution in [1.29, 1.82) is 0 Å². The van der Waals surface area contributed by atoms with E-state index in [9.17, 15) is 27.7 Å². The maximum atomic E-state index is 12.7. The summed E-state index contributed by atoms with van der Waals surface area (Å²) in [6.45, 7) is 4.35. The van der Waals surface area contributed by atoms with Crippen molar-refractivity contribution in [3.63, 3.8) is 0 Å². The molecule has 0 radical (unpaired) electrons. The standard InChI is InChI=1S/C28H54O7S.K/c1-3-5-7-9-11-12-13-14-15-16-17-18-19-21-23-28(25-26(29)30,36(32,33)34)27(31)35-24-22-20-10-8-6-4-2;/h3-25H2,1-2H3,(H,29,30)(H,32,33,34);/q;+1/p-1. The Morgan fingerprint density at radius 3 is 1.38 bits per heavy atom. The molecule has 0 amide bonds. The molecule has 0 aliphatic heterocycles. The van der Waals surface area contributed by atoms with Gasteiger partial charge < -0.3 is 14.6 Å². The molecule has 0 fully saturated rings. The van der Waals surface area contributed by atoms with Gasteiger partial charge in [-0.25, -0.2) is 0 Å². The topological polar surface area (TPSA) is 121 Å². The van der Waals surface area contributed by atoms with Crippen LogP contribution in [0.1, 0.15) is 155 Å². The van der Waals surface area contributed by atoms with E-state index in [2.05, 4.69) is 13.8 Å². The van der Waals surface area contributed by atoms with E-state index in [1.54, 1.807) is 0 Å². The van der Waals surface area contributed by atoms with E-state index in [4.69, 9.17) is 4.74 Å². The molecule has 0 aromatic heterocycles. The van der Waals surface area contributed by atoms with Gasteiger partial charge in [-0.2, -0.15) is 8.42 Å². The molecule has 0 aromatic rings. The van der Waals surface area contributed by atoms with Gasteiger partial charge in [-0.05, 0) is 12.8 Å². The Labute approximate surface area is 269 Å². The fourth-order valence-corrected chi connectivity index (χ4v) is 5.58. The molecule has 0 aliphatic carbocycles. The third-order valence-corrected chi connectivity index (χ3v) is 8.46. The molecule has 0 heterocycles. The fraction of sp³-hybridized carbons (Fsp3) is 0.929. The first kappa shape index (κ1) is 39.6. The Kier molecular flexibility index (Phi) is 27.3. The minimum Gasteiger partial charge on any atom is -0.550 e. The molecule has 0 saturated carbocycles. The van der Waals surface area contributed by atoms with Crippen LogP contribution in [-0.2, 0) is 24.4 Å². The Hall–Kier alpha value is 0.486. The van der Waals surface area contributed by atoms with Crippen molar-refractivity contribution in [3.8, 4) is 0 Å². The first-order valence-electron chi connectivity index (χ1n) is 14.6. The summed E-state index contributed by atoms with van der Waals surface area (Å²) in [4.78, 5) is 24.0. The zero-order chi connectivity index (χ0) is 27.1. The van der Waals surface area contributed by atoms with Gasteiger partial charge >= 0.3 is 57.4 Å². The second-order valence-electron chi connectivity index (χ2n) is 10.3. The average molecular weight is 573 g/mol. The molecule has 1 atom stereocenters. The minimum atomic E-state index is -4.99. The normalized spacial score (nSPS) is 13.1. The van der Waals surface area contributed by atoms with Crippen molar-refractivity contribution >= 4 is 22.1 Å². The second-order valence-corrected chi connectivity index (χ2v) is 12.0. The summed E-state index contributed by atoms with van der Waals surface area (Å²) in [5, 5.41) is 11.3. The first-order valence-corrected chi connectivity index (χ1v) is 16.0. The van der Waals surface area contributed by atoms with Crippen LogP contribution in [0.25, 0.3) is 0 Å². The number of aliphatic carboxylic acids is 1. The summed E-state index contributed by atoms with van der Waals surface area (Å²) >= 11 is 0. The van der Waals surface area contributed by atoms with Crippen LogP contribution in [0.3, 0.4) is 0 Å². The quantitative estimate of drug-likeness (QED) is 0.0728. The van der Waals surface area contributed by atoms with E-state index in [0.29, 0.717) is 19.3 Å². The number of esters is 1. The number of hydrogen-bond acceptors (Lipinski definition) is 6. The van der Waals surface area contributed by atoms with Gasteiger partial charge in [0.1, 0.15) is 0 Å². The second kappa shape index (κ2) is 25.5. The summed E-state index contributed by atoms with van der Waals surface area (Å²) in [5.41, 5.74) is 0. The number of carbonyl (C=O) groups excluding carboxylic acids is 2. The molecule has 7 nitrogen and oxygen atoms in total. The molecule has 0 saturated heterocycles. The Bertz CT molecular complexity index is 669.